The molecule has 2 aromatic carbocycles. The number of nitrogens with one attached hydrogen (secondary N) is 1. The predicted octanol–water partition coefficient (Wildman–Crippen LogP) is 2.84. The molecular weight excluding hydrogens is 274 g/mol. The number of anilines is 1. The number of rotatable bonds is 4. The Hall–Kier alpha value is -3.09. The maximum absolute atomic E-state index is 10.5. The highest BCUT2D eigenvalue weighted by molar-refractivity contribution is 6.03. The molecule has 7 heteroatoms. The second-order valence-corrected chi connectivity index (χ2v) is 4.28. The smallest absolute Gasteiger partial charge is 0.269 e. The van der Waals surface area contributed by atoms with Crippen LogP contribution in [0, 0.1) is 10.1 Å². The van der Waals surface area contributed by atoms with Crippen molar-refractivity contribution in [3.63, 3.8) is 0 Å². The van der Waals surface area contributed by atoms with Gasteiger partial charge < -0.3 is 10.2 Å². The van der Waals surface area contributed by atoms with Crippen LogP contribution in [-0.2, 0) is 0 Å². The number of nitro groups is 1. The first-order valence-corrected chi connectivity index (χ1v) is 6.05. The number of phenolic OH excluding ortho intramolecular Hbond substituents is 2. The van der Waals surface area contributed by atoms with E-state index in [1.54, 1.807) is 6.92 Å². The minimum absolute atomic E-state index is 0.0143. The molecule has 3 N–H and O–H groups in total. The van der Waals surface area contributed by atoms with Crippen LogP contribution in [0.4, 0.5) is 11.4 Å². The summed E-state index contributed by atoms with van der Waals surface area (Å²) in [5.41, 5.74) is 3.85. The molecule has 0 heterocycles. The summed E-state index contributed by atoms with van der Waals surface area (Å²) in [6.07, 6.45) is 0. The normalized spacial score (nSPS) is 11.2. The fraction of sp³-hybridized carbons (Fsp3) is 0.0714. The van der Waals surface area contributed by atoms with Crippen molar-refractivity contribution in [1.82, 2.24) is 0 Å². The maximum Gasteiger partial charge on any atom is 0.269 e. The number of hydrogen-bond donors (Lipinski definition) is 3. The van der Waals surface area contributed by atoms with Gasteiger partial charge >= 0.3 is 0 Å². The van der Waals surface area contributed by atoms with Gasteiger partial charge in [-0.25, -0.2) is 0 Å². The molecule has 0 aliphatic heterocycles. The molecular formula is C14H13N3O4. The first-order valence-electron chi connectivity index (χ1n) is 6.05. The van der Waals surface area contributed by atoms with Crippen LogP contribution in [0.5, 0.6) is 11.5 Å². The Morgan fingerprint density at radius 3 is 2.24 bits per heavy atom. The summed E-state index contributed by atoms with van der Waals surface area (Å²) in [5, 5.41) is 34.0. The van der Waals surface area contributed by atoms with Crippen molar-refractivity contribution in [2.45, 2.75) is 6.92 Å². The molecule has 0 radical (unpaired) electrons. The molecule has 0 amide bonds. The van der Waals surface area contributed by atoms with E-state index < -0.39 is 4.92 Å². The molecule has 0 bridgehead atoms. The number of nitro benzene ring substituents is 1. The Morgan fingerprint density at radius 2 is 1.71 bits per heavy atom. The number of benzene rings is 2. The van der Waals surface area contributed by atoms with E-state index in [1.807, 2.05) is 0 Å². The standard InChI is InChI=1S/C14H13N3O4/c1-9(14-12(18)3-2-4-13(14)19)15-16-10-5-7-11(8-6-10)17(20)21/h2-8,16,18-19H,1H3/b15-9+. The van der Waals surface area contributed by atoms with Crippen LogP contribution in [0.25, 0.3) is 0 Å². The van der Waals surface area contributed by atoms with Crippen LogP contribution >= 0.6 is 0 Å². The van der Waals surface area contributed by atoms with Gasteiger partial charge in [-0.05, 0) is 31.2 Å². The molecule has 21 heavy (non-hydrogen) atoms. The summed E-state index contributed by atoms with van der Waals surface area (Å²) < 4.78 is 0. The molecule has 0 spiro atoms. The first-order chi connectivity index (χ1) is 9.99. The van der Waals surface area contributed by atoms with Crippen molar-refractivity contribution in [3.05, 3.63) is 58.1 Å². The largest absolute Gasteiger partial charge is 0.507 e. The highest BCUT2D eigenvalue weighted by atomic mass is 16.6. The highest BCUT2D eigenvalue weighted by Gasteiger charge is 2.10. The maximum atomic E-state index is 10.5. The van der Waals surface area contributed by atoms with Gasteiger partial charge in [-0.15, -0.1) is 0 Å². The molecule has 0 fully saturated rings. The molecule has 0 unspecified atom stereocenters. The topological polar surface area (TPSA) is 108 Å². The van der Waals surface area contributed by atoms with E-state index in [0.717, 1.165) is 0 Å². The highest BCUT2D eigenvalue weighted by Crippen LogP contribution is 2.27. The van der Waals surface area contributed by atoms with Crippen LogP contribution in [0.15, 0.2) is 47.6 Å². The summed E-state index contributed by atoms with van der Waals surface area (Å²) in [7, 11) is 0. The Balaban J connectivity index is 2.19. The molecule has 0 atom stereocenters. The van der Waals surface area contributed by atoms with E-state index in [9.17, 15) is 20.3 Å². The Kier molecular flexibility index (Phi) is 4.03. The second kappa shape index (κ2) is 5.91. The van der Waals surface area contributed by atoms with E-state index >= 15 is 0 Å². The van der Waals surface area contributed by atoms with Gasteiger partial charge in [0.15, 0.2) is 0 Å². The van der Waals surface area contributed by atoms with Crippen molar-refractivity contribution in [2.75, 3.05) is 5.43 Å². The van der Waals surface area contributed by atoms with Crippen LogP contribution in [0.1, 0.15) is 12.5 Å². The van der Waals surface area contributed by atoms with E-state index in [0.29, 0.717) is 11.4 Å². The van der Waals surface area contributed by atoms with Crippen LogP contribution < -0.4 is 5.43 Å². The van der Waals surface area contributed by atoms with Crippen LogP contribution in [-0.4, -0.2) is 20.8 Å². The molecule has 7 nitrogen and oxygen atoms in total. The van der Waals surface area contributed by atoms with Gasteiger partial charge in [0.25, 0.3) is 5.69 Å². The summed E-state index contributed by atoms with van der Waals surface area (Å²) in [5.74, 6) is -0.163. The third kappa shape index (κ3) is 3.27. The van der Waals surface area contributed by atoms with Crippen molar-refractivity contribution in [2.24, 2.45) is 5.10 Å². The van der Waals surface area contributed by atoms with Crippen molar-refractivity contribution < 1.29 is 15.1 Å². The lowest BCUT2D eigenvalue weighted by molar-refractivity contribution is -0.384. The van der Waals surface area contributed by atoms with Gasteiger partial charge in [0.1, 0.15) is 11.5 Å². The average Bonchev–Trinajstić information content (AvgIpc) is 2.45. The van der Waals surface area contributed by atoms with E-state index in [1.165, 1.54) is 42.5 Å². The first kappa shape index (κ1) is 14.3. The fourth-order valence-corrected chi connectivity index (χ4v) is 1.76. The van der Waals surface area contributed by atoms with Crippen molar-refractivity contribution in [3.8, 4) is 11.5 Å². The Morgan fingerprint density at radius 1 is 1.14 bits per heavy atom. The lowest BCUT2D eigenvalue weighted by Crippen LogP contribution is -2.00. The zero-order valence-electron chi connectivity index (χ0n) is 11.1. The van der Waals surface area contributed by atoms with Gasteiger partial charge in [-0.1, -0.05) is 6.07 Å². The quantitative estimate of drug-likeness (QED) is 0.455. The lowest BCUT2D eigenvalue weighted by atomic mass is 10.1. The molecule has 0 saturated heterocycles. The molecule has 108 valence electrons. The molecule has 0 saturated carbocycles. The molecule has 2 rings (SSSR count). The van der Waals surface area contributed by atoms with Crippen LogP contribution in [0.3, 0.4) is 0 Å². The van der Waals surface area contributed by atoms with Crippen LogP contribution in [0.2, 0.25) is 0 Å². The third-order valence-electron chi connectivity index (χ3n) is 2.81. The minimum atomic E-state index is -0.488. The van der Waals surface area contributed by atoms with Gasteiger partial charge in [0.2, 0.25) is 0 Å². The fourth-order valence-electron chi connectivity index (χ4n) is 1.76. The summed E-state index contributed by atoms with van der Waals surface area (Å²) in [6.45, 7) is 1.62. The zero-order valence-corrected chi connectivity index (χ0v) is 11.1. The van der Waals surface area contributed by atoms with Crippen molar-refractivity contribution in [1.29, 1.82) is 0 Å². The van der Waals surface area contributed by atoms with Gasteiger partial charge in [-0.2, -0.15) is 5.10 Å². The molecule has 2 aromatic rings. The number of nitrogens with zero attached hydrogens (tertiary/aromatic N) is 2. The van der Waals surface area contributed by atoms with E-state index in [-0.39, 0.29) is 22.7 Å². The number of hydrogen-bond acceptors (Lipinski definition) is 6. The SMILES string of the molecule is C/C(=N\Nc1ccc([N+](=O)[O-])cc1)c1c(O)cccc1O. The van der Waals surface area contributed by atoms with E-state index in [4.69, 9.17) is 0 Å². The Bertz CT molecular complexity index is 676. The summed E-state index contributed by atoms with van der Waals surface area (Å²) in [4.78, 5) is 10.1. The minimum Gasteiger partial charge on any atom is -0.507 e. The lowest BCUT2D eigenvalue weighted by Gasteiger charge is -2.07. The number of non-ortho nitro benzene ring substituents is 1. The number of phenols is 2. The number of aromatic hydroxyl groups is 2. The Labute approximate surface area is 120 Å². The number of hydrazone groups is 1. The van der Waals surface area contributed by atoms with Gasteiger partial charge in [0.05, 0.1) is 21.9 Å². The van der Waals surface area contributed by atoms with E-state index in [2.05, 4.69) is 10.5 Å². The predicted molar refractivity (Wildman–Crippen MR) is 78.7 cm³/mol. The van der Waals surface area contributed by atoms with Gasteiger partial charge in [0, 0.05) is 12.1 Å². The summed E-state index contributed by atoms with van der Waals surface area (Å²) >= 11 is 0. The molecule has 0 aromatic heterocycles. The zero-order chi connectivity index (χ0) is 15.4. The summed E-state index contributed by atoms with van der Waals surface area (Å²) in [6, 6.07) is 10.1. The molecule has 0 aliphatic rings. The monoisotopic (exact) mass is 287 g/mol. The molecule has 0 aliphatic carbocycles. The van der Waals surface area contributed by atoms with Gasteiger partial charge in [-0.3, -0.25) is 15.5 Å². The average molecular weight is 287 g/mol. The second-order valence-electron chi connectivity index (χ2n) is 4.28. The third-order valence-corrected chi connectivity index (χ3v) is 2.81. The van der Waals surface area contributed by atoms with Crippen molar-refractivity contribution >= 4 is 17.1 Å².